The SMILES string of the molecule is CCCCCCCCCCCCCCCC(=O)c1ccc(N)c(SCC(C)(C)O)c1. The topological polar surface area (TPSA) is 63.3 Å². The third-order valence-electron chi connectivity index (χ3n) is 5.42. The molecule has 0 atom stereocenters. The fourth-order valence-corrected chi connectivity index (χ4v) is 4.49. The van der Waals surface area contributed by atoms with Crippen LogP contribution in [0.3, 0.4) is 0 Å². The Balaban J connectivity index is 2.13. The maximum atomic E-state index is 12.5. The molecule has 172 valence electrons. The number of ketones is 1. The summed E-state index contributed by atoms with van der Waals surface area (Å²) in [6.07, 6.45) is 17.7. The van der Waals surface area contributed by atoms with Crippen molar-refractivity contribution in [3.8, 4) is 0 Å². The van der Waals surface area contributed by atoms with E-state index in [9.17, 15) is 9.90 Å². The number of benzene rings is 1. The molecule has 4 heteroatoms. The zero-order valence-corrected chi connectivity index (χ0v) is 20.5. The Morgan fingerprint density at radius 3 is 1.90 bits per heavy atom. The van der Waals surface area contributed by atoms with E-state index in [4.69, 9.17) is 5.73 Å². The van der Waals surface area contributed by atoms with Gasteiger partial charge in [0.1, 0.15) is 0 Å². The molecule has 0 fully saturated rings. The summed E-state index contributed by atoms with van der Waals surface area (Å²) in [7, 11) is 0. The fourth-order valence-electron chi connectivity index (χ4n) is 3.53. The number of rotatable bonds is 18. The maximum Gasteiger partial charge on any atom is 0.162 e. The van der Waals surface area contributed by atoms with Gasteiger partial charge in [0.25, 0.3) is 0 Å². The number of nitrogen functional groups attached to an aromatic ring is 1. The average Bonchev–Trinajstić information content (AvgIpc) is 2.70. The monoisotopic (exact) mass is 435 g/mol. The van der Waals surface area contributed by atoms with Crippen molar-refractivity contribution in [3.63, 3.8) is 0 Å². The summed E-state index contributed by atoms with van der Waals surface area (Å²) in [5.41, 5.74) is 6.68. The minimum Gasteiger partial charge on any atom is -0.398 e. The minimum atomic E-state index is -0.758. The molecule has 30 heavy (non-hydrogen) atoms. The summed E-state index contributed by atoms with van der Waals surface area (Å²) in [6.45, 7) is 5.82. The zero-order chi connectivity index (χ0) is 22.2. The highest BCUT2D eigenvalue weighted by Crippen LogP contribution is 2.29. The molecule has 0 saturated carbocycles. The standard InChI is InChI=1S/C26H45NO2S/c1-4-5-6-7-8-9-10-11-12-13-14-15-16-17-24(28)22-18-19-23(27)25(20-22)30-21-26(2,3)29/h18-20,29H,4-17,21,27H2,1-3H3. The molecule has 0 unspecified atom stereocenters. The summed E-state index contributed by atoms with van der Waals surface area (Å²) in [4.78, 5) is 13.4. The van der Waals surface area contributed by atoms with Crippen molar-refractivity contribution in [2.45, 2.75) is 121 Å². The van der Waals surface area contributed by atoms with Gasteiger partial charge in [-0.2, -0.15) is 0 Å². The largest absolute Gasteiger partial charge is 0.398 e. The predicted octanol–water partition coefficient (Wildman–Crippen LogP) is 7.80. The lowest BCUT2D eigenvalue weighted by molar-refractivity contribution is 0.0978. The number of carbonyl (C=O) groups excluding carboxylic acids is 1. The van der Waals surface area contributed by atoms with Gasteiger partial charge in [0, 0.05) is 28.3 Å². The Morgan fingerprint density at radius 1 is 0.900 bits per heavy atom. The molecule has 1 aromatic rings. The Labute approximate surface area is 189 Å². The van der Waals surface area contributed by atoms with E-state index in [-0.39, 0.29) is 5.78 Å². The Hall–Kier alpha value is -1.00. The Morgan fingerprint density at radius 2 is 1.40 bits per heavy atom. The first kappa shape index (κ1) is 27.0. The molecule has 0 heterocycles. The molecule has 0 aliphatic heterocycles. The summed E-state index contributed by atoms with van der Waals surface area (Å²) >= 11 is 1.51. The van der Waals surface area contributed by atoms with E-state index in [1.54, 1.807) is 13.8 Å². The lowest BCUT2D eigenvalue weighted by atomic mass is 10.0. The normalized spacial score (nSPS) is 11.7. The first-order chi connectivity index (χ1) is 14.3. The van der Waals surface area contributed by atoms with E-state index in [1.165, 1.54) is 82.4 Å². The van der Waals surface area contributed by atoms with Crippen LogP contribution >= 0.6 is 11.8 Å². The van der Waals surface area contributed by atoms with Crippen LogP contribution < -0.4 is 5.73 Å². The van der Waals surface area contributed by atoms with Gasteiger partial charge >= 0.3 is 0 Å². The van der Waals surface area contributed by atoms with E-state index in [2.05, 4.69) is 6.92 Å². The highest BCUT2D eigenvalue weighted by Gasteiger charge is 2.15. The summed E-state index contributed by atoms with van der Waals surface area (Å²) in [5.74, 6) is 0.747. The van der Waals surface area contributed by atoms with Gasteiger partial charge in [0.15, 0.2) is 5.78 Å². The van der Waals surface area contributed by atoms with Gasteiger partial charge in [-0.05, 0) is 38.5 Å². The van der Waals surface area contributed by atoms with Crippen LogP contribution in [0.5, 0.6) is 0 Å². The number of carbonyl (C=O) groups is 1. The van der Waals surface area contributed by atoms with Crippen LogP contribution in [0.25, 0.3) is 0 Å². The molecule has 3 N–H and O–H groups in total. The molecular weight excluding hydrogens is 390 g/mol. The highest BCUT2D eigenvalue weighted by molar-refractivity contribution is 7.99. The first-order valence-corrected chi connectivity index (χ1v) is 13.1. The lowest BCUT2D eigenvalue weighted by Gasteiger charge is -2.17. The molecule has 0 aromatic heterocycles. The van der Waals surface area contributed by atoms with Crippen LogP contribution in [0.4, 0.5) is 5.69 Å². The molecule has 0 amide bonds. The molecule has 0 radical (unpaired) electrons. The molecule has 0 bridgehead atoms. The van der Waals surface area contributed by atoms with E-state index in [1.807, 2.05) is 18.2 Å². The van der Waals surface area contributed by atoms with E-state index in [0.717, 1.165) is 23.3 Å². The number of anilines is 1. The van der Waals surface area contributed by atoms with Gasteiger partial charge in [-0.3, -0.25) is 4.79 Å². The summed E-state index contributed by atoms with van der Waals surface area (Å²) in [5, 5.41) is 9.91. The lowest BCUT2D eigenvalue weighted by Crippen LogP contribution is -2.21. The quantitative estimate of drug-likeness (QED) is 0.107. The molecular formula is C26H45NO2S. The van der Waals surface area contributed by atoms with E-state index < -0.39 is 5.60 Å². The second-order valence-corrected chi connectivity index (χ2v) is 10.3. The van der Waals surface area contributed by atoms with Crippen molar-refractivity contribution in [3.05, 3.63) is 23.8 Å². The van der Waals surface area contributed by atoms with Crippen molar-refractivity contribution in [2.75, 3.05) is 11.5 Å². The van der Waals surface area contributed by atoms with Gasteiger partial charge < -0.3 is 10.8 Å². The van der Waals surface area contributed by atoms with Crippen molar-refractivity contribution in [1.29, 1.82) is 0 Å². The molecule has 0 spiro atoms. The summed E-state index contributed by atoms with van der Waals surface area (Å²) < 4.78 is 0. The second kappa shape index (κ2) is 15.8. The van der Waals surface area contributed by atoms with Crippen LogP contribution in [0.2, 0.25) is 0 Å². The summed E-state index contributed by atoms with van der Waals surface area (Å²) in [6, 6.07) is 5.52. The molecule has 0 aliphatic rings. The Kier molecular flexibility index (Phi) is 14.2. The highest BCUT2D eigenvalue weighted by atomic mass is 32.2. The van der Waals surface area contributed by atoms with Crippen molar-refractivity contribution in [1.82, 2.24) is 0 Å². The number of thioether (sulfide) groups is 1. The van der Waals surface area contributed by atoms with Gasteiger partial charge in [0.05, 0.1) is 5.60 Å². The molecule has 0 aliphatic carbocycles. The third-order valence-corrected chi connectivity index (χ3v) is 6.94. The smallest absolute Gasteiger partial charge is 0.162 e. The average molecular weight is 436 g/mol. The first-order valence-electron chi connectivity index (χ1n) is 12.1. The van der Waals surface area contributed by atoms with Gasteiger partial charge in [-0.25, -0.2) is 0 Å². The van der Waals surface area contributed by atoms with E-state index >= 15 is 0 Å². The number of hydrogen-bond donors (Lipinski definition) is 2. The van der Waals surface area contributed by atoms with Crippen LogP contribution in [-0.4, -0.2) is 22.2 Å². The van der Waals surface area contributed by atoms with Crippen molar-refractivity contribution in [2.24, 2.45) is 0 Å². The molecule has 1 rings (SSSR count). The predicted molar refractivity (Wildman–Crippen MR) is 133 cm³/mol. The van der Waals surface area contributed by atoms with Gasteiger partial charge in [-0.15, -0.1) is 11.8 Å². The molecule has 3 nitrogen and oxygen atoms in total. The van der Waals surface area contributed by atoms with Crippen LogP contribution in [0.1, 0.15) is 121 Å². The van der Waals surface area contributed by atoms with Crippen LogP contribution in [0.15, 0.2) is 23.1 Å². The van der Waals surface area contributed by atoms with E-state index in [0.29, 0.717) is 17.9 Å². The second-order valence-electron chi connectivity index (χ2n) is 9.27. The molecule has 1 aromatic carbocycles. The number of aliphatic hydroxyl groups is 1. The maximum absolute atomic E-state index is 12.5. The number of nitrogens with two attached hydrogens (primary N) is 1. The van der Waals surface area contributed by atoms with Crippen LogP contribution in [-0.2, 0) is 0 Å². The van der Waals surface area contributed by atoms with Gasteiger partial charge in [0.2, 0.25) is 0 Å². The minimum absolute atomic E-state index is 0.197. The van der Waals surface area contributed by atoms with Crippen molar-refractivity contribution < 1.29 is 9.90 Å². The third kappa shape index (κ3) is 13.3. The number of hydrogen-bond acceptors (Lipinski definition) is 4. The zero-order valence-electron chi connectivity index (χ0n) is 19.7. The van der Waals surface area contributed by atoms with Crippen molar-refractivity contribution >= 4 is 23.2 Å². The van der Waals surface area contributed by atoms with Crippen LogP contribution in [0, 0.1) is 0 Å². The Bertz CT molecular complexity index is 595. The number of Topliss-reactive ketones (excluding diaryl/α,β-unsaturated/α-hetero) is 1. The fraction of sp³-hybridized carbons (Fsp3) is 0.731. The molecule has 0 saturated heterocycles. The van der Waals surface area contributed by atoms with Gasteiger partial charge in [-0.1, -0.05) is 84.0 Å². The number of unbranched alkanes of at least 4 members (excludes halogenated alkanes) is 12.